The summed E-state index contributed by atoms with van der Waals surface area (Å²) >= 11 is 0. The largest absolute Gasteiger partial charge is 0.382 e. The predicted octanol–water partition coefficient (Wildman–Crippen LogP) is 2.43. The average molecular weight is 208 g/mol. The third-order valence-electron chi connectivity index (χ3n) is 3.10. The number of anilines is 1. The van der Waals surface area contributed by atoms with Gasteiger partial charge >= 0.3 is 0 Å². The van der Waals surface area contributed by atoms with Crippen molar-refractivity contribution < 1.29 is 4.39 Å². The van der Waals surface area contributed by atoms with E-state index in [9.17, 15) is 4.39 Å². The minimum absolute atomic E-state index is 0.151. The summed E-state index contributed by atoms with van der Waals surface area (Å²) in [5.41, 5.74) is 7.42. The van der Waals surface area contributed by atoms with Crippen LogP contribution in [-0.2, 0) is 0 Å². The van der Waals surface area contributed by atoms with Gasteiger partial charge < -0.3 is 11.1 Å². The predicted molar refractivity (Wildman–Crippen MR) is 60.4 cm³/mol. The highest BCUT2D eigenvalue weighted by atomic mass is 19.1. The van der Waals surface area contributed by atoms with Crippen LogP contribution >= 0.6 is 0 Å². The van der Waals surface area contributed by atoms with Crippen molar-refractivity contribution in [3.8, 4) is 0 Å². The third-order valence-corrected chi connectivity index (χ3v) is 3.10. The Morgan fingerprint density at radius 2 is 2.20 bits per heavy atom. The summed E-state index contributed by atoms with van der Waals surface area (Å²) in [4.78, 5) is 0. The molecule has 2 rings (SSSR count). The van der Waals surface area contributed by atoms with Crippen molar-refractivity contribution in [1.29, 1.82) is 0 Å². The summed E-state index contributed by atoms with van der Waals surface area (Å²) in [5, 5.41) is 3.36. The van der Waals surface area contributed by atoms with Gasteiger partial charge in [0, 0.05) is 23.3 Å². The zero-order chi connectivity index (χ0) is 10.8. The second-order valence-electron chi connectivity index (χ2n) is 4.33. The van der Waals surface area contributed by atoms with Crippen molar-refractivity contribution in [1.82, 2.24) is 0 Å². The van der Waals surface area contributed by atoms with E-state index in [-0.39, 0.29) is 5.82 Å². The fourth-order valence-corrected chi connectivity index (χ4v) is 2.13. The van der Waals surface area contributed by atoms with E-state index in [0.29, 0.717) is 17.6 Å². The standard InChI is InChI=1S/C12H17FN2/c1-8-11(13)3-2-4-12(8)15-10-6-5-9(14)7-10/h2-4,9-10,15H,5-7,14H2,1H3. The molecule has 0 amide bonds. The maximum Gasteiger partial charge on any atom is 0.128 e. The summed E-state index contributed by atoms with van der Waals surface area (Å²) in [6, 6.07) is 5.85. The minimum Gasteiger partial charge on any atom is -0.382 e. The Morgan fingerprint density at radius 3 is 2.87 bits per heavy atom. The Bertz CT molecular complexity index is 351. The number of hydrogen-bond donors (Lipinski definition) is 2. The van der Waals surface area contributed by atoms with Crippen molar-refractivity contribution in [2.45, 2.75) is 38.3 Å². The quantitative estimate of drug-likeness (QED) is 0.783. The van der Waals surface area contributed by atoms with Crippen molar-refractivity contribution in [2.24, 2.45) is 5.73 Å². The number of halogens is 1. The molecular weight excluding hydrogens is 191 g/mol. The van der Waals surface area contributed by atoms with E-state index in [1.165, 1.54) is 6.07 Å². The zero-order valence-corrected chi connectivity index (χ0v) is 8.96. The highest BCUT2D eigenvalue weighted by Gasteiger charge is 2.21. The Labute approximate surface area is 89.7 Å². The lowest BCUT2D eigenvalue weighted by atomic mass is 10.1. The first-order chi connectivity index (χ1) is 7.16. The maximum atomic E-state index is 13.3. The lowest BCUT2D eigenvalue weighted by Gasteiger charge is -2.16. The van der Waals surface area contributed by atoms with E-state index in [1.54, 1.807) is 13.0 Å². The molecule has 1 aromatic carbocycles. The van der Waals surface area contributed by atoms with Gasteiger partial charge in [0.05, 0.1) is 0 Å². The van der Waals surface area contributed by atoms with Gasteiger partial charge in [-0.3, -0.25) is 0 Å². The van der Waals surface area contributed by atoms with Crippen LogP contribution in [-0.4, -0.2) is 12.1 Å². The maximum absolute atomic E-state index is 13.3. The van der Waals surface area contributed by atoms with Crippen LogP contribution < -0.4 is 11.1 Å². The Kier molecular flexibility index (Phi) is 2.91. The normalized spacial score (nSPS) is 25.5. The molecule has 3 heteroatoms. The van der Waals surface area contributed by atoms with E-state index in [0.717, 1.165) is 24.9 Å². The van der Waals surface area contributed by atoms with Crippen LogP contribution in [0.3, 0.4) is 0 Å². The van der Waals surface area contributed by atoms with Gasteiger partial charge in [-0.15, -0.1) is 0 Å². The molecule has 15 heavy (non-hydrogen) atoms. The molecule has 0 bridgehead atoms. The van der Waals surface area contributed by atoms with Crippen LogP contribution in [0.15, 0.2) is 18.2 Å². The van der Waals surface area contributed by atoms with Gasteiger partial charge in [0.1, 0.15) is 5.82 Å². The molecule has 0 spiro atoms. The van der Waals surface area contributed by atoms with Crippen LogP contribution in [0.2, 0.25) is 0 Å². The molecule has 0 heterocycles. The van der Waals surface area contributed by atoms with E-state index in [2.05, 4.69) is 5.32 Å². The highest BCUT2D eigenvalue weighted by molar-refractivity contribution is 5.51. The van der Waals surface area contributed by atoms with Gasteiger partial charge in [-0.1, -0.05) is 6.07 Å². The first-order valence-electron chi connectivity index (χ1n) is 5.44. The molecule has 1 aliphatic carbocycles. The van der Waals surface area contributed by atoms with Crippen LogP contribution in [0.25, 0.3) is 0 Å². The van der Waals surface area contributed by atoms with Gasteiger partial charge in [0.15, 0.2) is 0 Å². The third kappa shape index (κ3) is 2.29. The van der Waals surface area contributed by atoms with Gasteiger partial charge in [0.2, 0.25) is 0 Å². The van der Waals surface area contributed by atoms with E-state index < -0.39 is 0 Å². The first-order valence-corrected chi connectivity index (χ1v) is 5.44. The second kappa shape index (κ2) is 4.19. The topological polar surface area (TPSA) is 38.0 Å². The average Bonchev–Trinajstić information content (AvgIpc) is 2.59. The summed E-state index contributed by atoms with van der Waals surface area (Å²) in [6.45, 7) is 1.80. The Hall–Kier alpha value is -1.09. The summed E-state index contributed by atoms with van der Waals surface area (Å²) in [6.07, 6.45) is 3.12. The van der Waals surface area contributed by atoms with Gasteiger partial charge in [-0.2, -0.15) is 0 Å². The molecule has 2 atom stereocenters. The van der Waals surface area contributed by atoms with Gasteiger partial charge in [-0.25, -0.2) is 4.39 Å². The highest BCUT2D eigenvalue weighted by Crippen LogP contribution is 2.24. The lowest BCUT2D eigenvalue weighted by molar-refractivity contribution is 0.618. The van der Waals surface area contributed by atoms with Crippen LogP contribution in [0.5, 0.6) is 0 Å². The fraction of sp³-hybridized carbons (Fsp3) is 0.500. The molecule has 2 unspecified atom stereocenters. The summed E-state index contributed by atoms with van der Waals surface area (Å²) in [7, 11) is 0. The summed E-state index contributed by atoms with van der Waals surface area (Å²) in [5.74, 6) is -0.151. The second-order valence-corrected chi connectivity index (χ2v) is 4.33. The Balaban J connectivity index is 2.07. The molecule has 1 aromatic rings. The molecule has 1 saturated carbocycles. The molecule has 0 saturated heterocycles. The van der Waals surface area contributed by atoms with Crippen LogP contribution in [0.1, 0.15) is 24.8 Å². The zero-order valence-electron chi connectivity index (χ0n) is 8.96. The molecule has 0 aliphatic heterocycles. The number of nitrogens with two attached hydrogens (primary N) is 1. The van der Waals surface area contributed by atoms with Crippen LogP contribution in [0.4, 0.5) is 10.1 Å². The minimum atomic E-state index is -0.151. The molecule has 1 fully saturated rings. The van der Waals surface area contributed by atoms with E-state index in [4.69, 9.17) is 5.73 Å². The molecule has 0 radical (unpaired) electrons. The first kappa shape index (κ1) is 10.4. The van der Waals surface area contributed by atoms with Crippen LogP contribution in [0, 0.1) is 12.7 Å². The van der Waals surface area contributed by atoms with Crippen molar-refractivity contribution in [2.75, 3.05) is 5.32 Å². The molecule has 0 aromatic heterocycles. The monoisotopic (exact) mass is 208 g/mol. The molecule has 1 aliphatic rings. The van der Waals surface area contributed by atoms with E-state index in [1.807, 2.05) is 6.07 Å². The number of rotatable bonds is 2. The smallest absolute Gasteiger partial charge is 0.128 e. The van der Waals surface area contributed by atoms with E-state index >= 15 is 0 Å². The molecule has 82 valence electrons. The van der Waals surface area contributed by atoms with Crippen molar-refractivity contribution in [3.63, 3.8) is 0 Å². The van der Waals surface area contributed by atoms with Gasteiger partial charge in [0.25, 0.3) is 0 Å². The SMILES string of the molecule is Cc1c(F)cccc1NC1CCC(N)C1. The van der Waals surface area contributed by atoms with Crippen molar-refractivity contribution >= 4 is 5.69 Å². The summed E-state index contributed by atoms with van der Waals surface area (Å²) < 4.78 is 13.3. The fourth-order valence-electron chi connectivity index (χ4n) is 2.13. The Morgan fingerprint density at radius 1 is 1.40 bits per heavy atom. The number of nitrogens with one attached hydrogen (secondary N) is 1. The number of hydrogen-bond acceptors (Lipinski definition) is 2. The molecule has 3 N–H and O–H groups in total. The van der Waals surface area contributed by atoms with Gasteiger partial charge in [-0.05, 0) is 38.3 Å². The van der Waals surface area contributed by atoms with Crippen molar-refractivity contribution in [3.05, 3.63) is 29.6 Å². The molecular formula is C12H17FN2. The number of benzene rings is 1. The molecule has 2 nitrogen and oxygen atoms in total. The lowest BCUT2D eigenvalue weighted by Crippen LogP contribution is -2.21.